The molecule has 1 N–H and O–H groups in total. The summed E-state index contributed by atoms with van der Waals surface area (Å²) < 4.78 is 48.5. The van der Waals surface area contributed by atoms with E-state index in [0.29, 0.717) is 11.5 Å². The van der Waals surface area contributed by atoms with Crippen LogP contribution >= 0.6 is 11.5 Å². The third kappa shape index (κ3) is 4.77. The number of nitrogens with zero attached hydrogens (tertiary/aromatic N) is 4. The third-order valence-corrected chi connectivity index (χ3v) is 4.57. The summed E-state index contributed by atoms with van der Waals surface area (Å²) in [6, 6.07) is 5.35. The average molecular weight is 453 g/mol. The van der Waals surface area contributed by atoms with Crippen molar-refractivity contribution in [3.8, 4) is 5.69 Å². The quantitative estimate of drug-likeness (QED) is 0.591. The van der Waals surface area contributed by atoms with Crippen LogP contribution in [0, 0.1) is 6.92 Å². The maximum atomic E-state index is 13.0. The number of aryl methyl sites for hydroxylation is 1. The Morgan fingerprint density at radius 3 is 2.65 bits per heavy atom. The summed E-state index contributed by atoms with van der Waals surface area (Å²) in [5.41, 5.74) is -2.28. The minimum atomic E-state index is -4.58. The second-order valence-electron chi connectivity index (χ2n) is 6.08. The van der Waals surface area contributed by atoms with Crippen molar-refractivity contribution in [2.75, 3.05) is 11.9 Å². The first-order valence-corrected chi connectivity index (χ1v) is 9.48. The molecule has 0 aliphatic carbocycles. The molecule has 2 heterocycles. The topological polar surface area (TPSA) is 116 Å². The number of aromatic nitrogens is 4. The van der Waals surface area contributed by atoms with Gasteiger partial charge in [-0.2, -0.15) is 18.3 Å². The molecule has 13 heteroatoms. The van der Waals surface area contributed by atoms with Gasteiger partial charge in [-0.15, -0.1) is 5.10 Å². The van der Waals surface area contributed by atoms with Gasteiger partial charge in [0.2, 0.25) is 11.1 Å². The molecule has 31 heavy (non-hydrogen) atoms. The van der Waals surface area contributed by atoms with Gasteiger partial charge >= 0.3 is 12.1 Å². The highest BCUT2D eigenvalue weighted by atomic mass is 32.1. The van der Waals surface area contributed by atoms with Crippen LogP contribution in [0.3, 0.4) is 0 Å². The first-order chi connectivity index (χ1) is 14.6. The molecule has 0 aliphatic heterocycles. The number of anilines is 1. The molecule has 0 fully saturated rings. The van der Waals surface area contributed by atoms with Gasteiger partial charge in [0.1, 0.15) is 0 Å². The van der Waals surface area contributed by atoms with Crippen molar-refractivity contribution >= 4 is 28.4 Å². The van der Waals surface area contributed by atoms with Gasteiger partial charge < -0.3 is 10.1 Å². The molecule has 162 valence electrons. The summed E-state index contributed by atoms with van der Waals surface area (Å²) in [5.74, 6) is -1.80. The first kappa shape index (κ1) is 22.1. The predicted molar refractivity (Wildman–Crippen MR) is 103 cm³/mol. The molecule has 2 aromatic heterocycles. The summed E-state index contributed by atoms with van der Waals surface area (Å²) in [7, 11) is 0. The molecular weight excluding hydrogens is 439 g/mol. The number of amides is 1. The van der Waals surface area contributed by atoms with E-state index in [0.717, 1.165) is 22.9 Å². The average Bonchev–Trinajstić information content (AvgIpc) is 3.16. The molecule has 0 bridgehead atoms. The Morgan fingerprint density at radius 2 is 1.97 bits per heavy atom. The van der Waals surface area contributed by atoms with Gasteiger partial charge in [-0.25, -0.2) is 9.48 Å². The normalized spacial score (nSPS) is 11.3. The van der Waals surface area contributed by atoms with Crippen molar-refractivity contribution in [2.45, 2.75) is 20.0 Å². The van der Waals surface area contributed by atoms with E-state index >= 15 is 0 Å². The lowest BCUT2D eigenvalue weighted by Crippen LogP contribution is -2.27. The molecule has 0 saturated heterocycles. The van der Waals surface area contributed by atoms with Gasteiger partial charge in [-0.3, -0.25) is 9.59 Å². The molecule has 0 unspecified atom stereocenters. The number of esters is 1. The SMILES string of the molecule is CCOC(=O)c1nnsc1NC(=O)c1nn(-c2cccc(C(F)(F)F)c2)c(C)cc1=O. The van der Waals surface area contributed by atoms with Crippen molar-refractivity contribution in [2.24, 2.45) is 0 Å². The zero-order valence-electron chi connectivity index (χ0n) is 16.1. The number of nitrogens with one attached hydrogen (secondary N) is 1. The zero-order valence-corrected chi connectivity index (χ0v) is 16.9. The predicted octanol–water partition coefficient (Wildman–Crippen LogP) is 2.84. The fourth-order valence-electron chi connectivity index (χ4n) is 2.55. The second kappa shape index (κ2) is 8.63. The number of ether oxygens (including phenoxy) is 1. The molecule has 1 aromatic carbocycles. The van der Waals surface area contributed by atoms with E-state index in [1.54, 1.807) is 6.92 Å². The second-order valence-corrected chi connectivity index (χ2v) is 6.84. The molecule has 3 aromatic rings. The van der Waals surface area contributed by atoms with Crippen LogP contribution in [0.25, 0.3) is 5.69 Å². The summed E-state index contributed by atoms with van der Waals surface area (Å²) >= 11 is 0.685. The van der Waals surface area contributed by atoms with Crippen LogP contribution in [0.2, 0.25) is 0 Å². The molecular formula is C18H14F3N5O4S. The van der Waals surface area contributed by atoms with Gasteiger partial charge in [-0.05, 0) is 32.0 Å². The Morgan fingerprint density at radius 1 is 1.23 bits per heavy atom. The largest absolute Gasteiger partial charge is 0.461 e. The number of benzene rings is 1. The standard InChI is InChI=1S/C18H14F3N5O4S/c1-3-30-17(29)14-16(31-25-23-14)22-15(28)13-12(27)7-9(2)26(24-13)11-6-4-5-10(8-11)18(19,20)21/h4-8H,3H2,1-2H3,(H,22,28). The van der Waals surface area contributed by atoms with Gasteiger partial charge in [-0.1, -0.05) is 10.6 Å². The minimum absolute atomic E-state index is 0.00745. The summed E-state index contributed by atoms with van der Waals surface area (Å²) in [6.45, 7) is 3.12. The van der Waals surface area contributed by atoms with E-state index in [2.05, 4.69) is 20.0 Å². The van der Waals surface area contributed by atoms with Crippen LogP contribution in [-0.2, 0) is 10.9 Å². The van der Waals surface area contributed by atoms with Gasteiger partial charge in [0.05, 0.1) is 17.9 Å². The molecule has 0 atom stereocenters. The van der Waals surface area contributed by atoms with Gasteiger partial charge in [0.15, 0.2) is 10.7 Å². The Kier molecular flexibility index (Phi) is 6.15. The van der Waals surface area contributed by atoms with Crippen molar-refractivity contribution < 1.29 is 27.5 Å². The summed E-state index contributed by atoms with van der Waals surface area (Å²) in [5, 5.41) is 9.77. The number of rotatable bonds is 5. The zero-order chi connectivity index (χ0) is 22.8. The molecule has 0 radical (unpaired) electrons. The maximum absolute atomic E-state index is 13.0. The molecule has 0 saturated carbocycles. The summed E-state index contributed by atoms with van der Waals surface area (Å²) in [6.07, 6.45) is -4.58. The summed E-state index contributed by atoms with van der Waals surface area (Å²) in [4.78, 5) is 36.8. The number of alkyl halides is 3. The van der Waals surface area contributed by atoms with Crippen molar-refractivity contribution in [1.29, 1.82) is 0 Å². The van der Waals surface area contributed by atoms with E-state index in [4.69, 9.17) is 4.74 Å². The number of carbonyl (C=O) groups excluding carboxylic acids is 2. The van der Waals surface area contributed by atoms with Gasteiger partial charge in [0, 0.05) is 23.3 Å². The Balaban J connectivity index is 1.97. The van der Waals surface area contributed by atoms with E-state index in [9.17, 15) is 27.6 Å². The first-order valence-electron chi connectivity index (χ1n) is 8.71. The van der Waals surface area contributed by atoms with E-state index in [1.165, 1.54) is 19.1 Å². The third-order valence-electron chi connectivity index (χ3n) is 3.92. The van der Waals surface area contributed by atoms with E-state index in [1.807, 2.05) is 0 Å². The van der Waals surface area contributed by atoms with E-state index in [-0.39, 0.29) is 28.7 Å². The maximum Gasteiger partial charge on any atom is 0.416 e. The highest BCUT2D eigenvalue weighted by Crippen LogP contribution is 2.30. The fourth-order valence-corrected chi connectivity index (χ4v) is 3.10. The minimum Gasteiger partial charge on any atom is -0.461 e. The van der Waals surface area contributed by atoms with Crippen molar-refractivity contribution in [3.05, 3.63) is 63.2 Å². The fraction of sp³-hybridized carbons (Fsp3) is 0.222. The van der Waals surface area contributed by atoms with Crippen LogP contribution in [0.5, 0.6) is 0 Å². The number of halogens is 3. The monoisotopic (exact) mass is 453 g/mol. The van der Waals surface area contributed by atoms with E-state index < -0.39 is 34.7 Å². The van der Waals surface area contributed by atoms with Crippen LogP contribution < -0.4 is 10.7 Å². The van der Waals surface area contributed by atoms with Crippen LogP contribution in [0.15, 0.2) is 35.1 Å². The highest BCUT2D eigenvalue weighted by molar-refractivity contribution is 7.10. The Bertz CT molecular complexity index is 1210. The Hall–Kier alpha value is -3.61. The number of carbonyl (C=O) groups is 2. The van der Waals surface area contributed by atoms with Gasteiger partial charge in [0.25, 0.3) is 5.91 Å². The van der Waals surface area contributed by atoms with Crippen LogP contribution in [-0.4, -0.2) is 37.9 Å². The lowest BCUT2D eigenvalue weighted by atomic mass is 10.2. The number of hydrogen-bond acceptors (Lipinski definition) is 8. The molecule has 1 amide bonds. The molecule has 3 rings (SSSR count). The van der Waals surface area contributed by atoms with Crippen molar-refractivity contribution in [3.63, 3.8) is 0 Å². The lowest BCUT2D eigenvalue weighted by molar-refractivity contribution is -0.137. The highest BCUT2D eigenvalue weighted by Gasteiger charge is 2.31. The number of hydrogen-bond donors (Lipinski definition) is 1. The molecule has 0 aliphatic rings. The molecule has 9 nitrogen and oxygen atoms in total. The van der Waals surface area contributed by atoms with Crippen LogP contribution in [0.4, 0.5) is 18.2 Å². The smallest absolute Gasteiger partial charge is 0.416 e. The van der Waals surface area contributed by atoms with Crippen LogP contribution in [0.1, 0.15) is 39.2 Å². The Labute approximate surface area is 176 Å². The molecule has 0 spiro atoms. The van der Waals surface area contributed by atoms with Crippen molar-refractivity contribution in [1.82, 2.24) is 19.4 Å². The lowest BCUT2D eigenvalue weighted by Gasteiger charge is -2.13.